The van der Waals surface area contributed by atoms with Gasteiger partial charge in [-0.2, -0.15) is 0 Å². The van der Waals surface area contributed by atoms with Crippen molar-refractivity contribution in [3.63, 3.8) is 0 Å². The zero-order valence-electron chi connectivity index (χ0n) is 12.5. The normalized spacial score (nSPS) is 16.7. The lowest BCUT2D eigenvalue weighted by Gasteiger charge is -2.13. The van der Waals surface area contributed by atoms with Crippen molar-refractivity contribution < 1.29 is 23.1 Å². The second-order valence-corrected chi connectivity index (χ2v) is 6.73. The highest BCUT2D eigenvalue weighted by atomic mass is 32.2. The first-order valence-electron chi connectivity index (χ1n) is 6.93. The van der Waals surface area contributed by atoms with E-state index in [1.807, 2.05) is 0 Å². The first-order valence-corrected chi connectivity index (χ1v) is 8.42. The van der Waals surface area contributed by atoms with Crippen LogP contribution in [0.25, 0.3) is 0 Å². The Kier molecular flexibility index (Phi) is 4.99. The quantitative estimate of drug-likeness (QED) is 0.710. The van der Waals surface area contributed by atoms with Gasteiger partial charge in [-0.15, -0.1) is 0 Å². The lowest BCUT2D eigenvalue weighted by atomic mass is 10.2. The first kappa shape index (κ1) is 16.9. The summed E-state index contributed by atoms with van der Waals surface area (Å²) in [6, 6.07) is 6.53. The highest BCUT2D eigenvalue weighted by Gasteiger charge is 2.29. The van der Waals surface area contributed by atoms with Crippen molar-refractivity contribution in [2.45, 2.75) is 17.7 Å². The fraction of sp³-hybridized carbons (Fsp3) is 0.357. The van der Waals surface area contributed by atoms with Crippen molar-refractivity contribution >= 4 is 27.7 Å². The summed E-state index contributed by atoms with van der Waals surface area (Å²) in [5.74, 6) is -1.09. The number of benzene rings is 1. The monoisotopic (exact) mass is 339 g/mol. The molecule has 0 aliphatic carbocycles. The van der Waals surface area contributed by atoms with Crippen molar-refractivity contribution in [3.05, 3.63) is 29.8 Å². The maximum Gasteiger partial charge on any atom is 0.323 e. The number of amides is 1. The predicted molar refractivity (Wildman–Crippen MR) is 82.7 cm³/mol. The molecule has 0 radical (unpaired) electrons. The van der Waals surface area contributed by atoms with E-state index in [2.05, 4.69) is 9.71 Å². The summed E-state index contributed by atoms with van der Waals surface area (Å²) in [6.45, 7) is -0.0840. The number of aliphatic carboxylic acids is 1. The van der Waals surface area contributed by atoms with E-state index in [-0.39, 0.29) is 36.1 Å². The van der Waals surface area contributed by atoms with Gasteiger partial charge >= 0.3 is 5.97 Å². The summed E-state index contributed by atoms with van der Waals surface area (Å²) in [5.41, 5.74) is 0.516. The molecular formula is C14H17N3O5S. The van der Waals surface area contributed by atoms with Gasteiger partial charge in [0.25, 0.3) is 10.0 Å². The maximum atomic E-state index is 11.9. The number of nitrogens with zero attached hydrogens (tertiary/aromatic N) is 2. The Balaban J connectivity index is 1.93. The number of aliphatic imine (C=N–C) groups is 1. The van der Waals surface area contributed by atoms with Crippen LogP contribution in [0.3, 0.4) is 0 Å². The Hall–Kier alpha value is -2.42. The second kappa shape index (κ2) is 6.78. The van der Waals surface area contributed by atoms with Gasteiger partial charge in [0.2, 0.25) is 5.91 Å². The molecule has 9 heteroatoms. The van der Waals surface area contributed by atoms with Gasteiger partial charge in [0.05, 0.1) is 4.90 Å². The van der Waals surface area contributed by atoms with Gasteiger partial charge in [0, 0.05) is 25.6 Å². The van der Waals surface area contributed by atoms with Crippen molar-refractivity contribution in [3.8, 4) is 0 Å². The molecule has 0 saturated heterocycles. The highest BCUT2D eigenvalue weighted by molar-refractivity contribution is 7.90. The van der Waals surface area contributed by atoms with Crippen LogP contribution in [0.15, 0.2) is 34.2 Å². The Morgan fingerprint density at radius 2 is 2.00 bits per heavy atom. The van der Waals surface area contributed by atoms with Gasteiger partial charge < -0.3 is 10.0 Å². The number of sulfonamides is 1. The standard InChI is InChI=1S/C14H17N3O5S/c1-17(9-13(19)20)12(18)7-4-8-15-14-10-5-2-3-6-11(10)23(21,22)16-14/h2-3,5-6H,4,7-9H2,1H3,(H,15,16)(H,19,20). The maximum absolute atomic E-state index is 11.9. The first-order chi connectivity index (χ1) is 10.8. The van der Waals surface area contributed by atoms with Gasteiger partial charge in [-0.3, -0.25) is 19.3 Å². The number of nitrogens with one attached hydrogen (secondary N) is 1. The topological polar surface area (TPSA) is 116 Å². The molecule has 1 aromatic carbocycles. The molecule has 0 spiro atoms. The van der Waals surface area contributed by atoms with Crippen LogP contribution in [0, 0.1) is 0 Å². The molecule has 2 N–H and O–H groups in total. The van der Waals surface area contributed by atoms with Crippen LogP contribution in [-0.4, -0.2) is 56.3 Å². The number of hydrogen-bond acceptors (Lipinski definition) is 5. The average Bonchev–Trinajstić information content (AvgIpc) is 2.74. The predicted octanol–water partition coefficient (Wildman–Crippen LogP) is 0.0483. The number of hydrogen-bond donors (Lipinski definition) is 2. The summed E-state index contributed by atoms with van der Waals surface area (Å²) >= 11 is 0. The van der Waals surface area contributed by atoms with E-state index in [1.165, 1.54) is 13.1 Å². The van der Waals surface area contributed by atoms with Crippen LogP contribution in [0.5, 0.6) is 0 Å². The molecule has 1 amide bonds. The second-order valence-electron chi connectivity index (χ2n) is 5.08. The van der Waals surface area contributed by atoms with Gasteiger partial charge in [0.1, 0.15) is 12.4 Å². The molecule has 0 atom stereocenters. The van der Waals surface area contributed by atoms with Crippen LogP contribution < -0.4 is 4.72 Å². The van der Waals surface area contributed by atoms with Gasteiger partial charge in [-0.05, 0) is 18.6 Å². The fourth-order valence-corrected chi connectivity index (χ4v) is 3.41. The molecule has 23 heavy (non-hydrogen) atoms. The molecule has 124 valence electrons. The van der Waals surface area contributed by atoms with Crippen LogP contribution >= 0.6 is 0 Å². The van der Waals surface area contributed by atoms with E-state index >= 15 is 0 Å². The lowest BCUT2D eigenvalue weighted by Crippen LogP contribution is -2.31. The smallest absolute Gasteiger partial charge is 0.323 e. The van der Waals surface area contributed by atoms with Crippen molar-refractivity contribution in [2.24, 2.45) is 4.99 Å². The Morgan fingerprint density at radius 1 is 1.30 bits per heavy atom. The lowest BCUT2D eigenvalue weighted by molar-refractivity contribution is -0.143. The third-order valence-electron chi connectivity index (χ3n) is 3.28. The average molecular weight is 339 g/mol. The number of carboxylic acids is 1. The molecular weight excluding hydrogens is 322 g/mol. The van der Waals surface area contributed by atoms with E-state index in [1.54, 1.807) is 18.2 Å². The zero-order chi connectivity index (χ0) is 17.0. The fourth-order valence-electron chi connectivity index (χ4n) is 2.15. The van der Waals surface area contributed by atoms with Crippen LogP contribution in [-0.2, 0) is 19.6 Å². The van der Waals surface area contributed by atoms with Crippen LogP contribution in [0.2, 0.25) is 0 Å². The molecule has 0 aromatic heterocycles. The van der Waals surface area contributed by atoms with E-state index in [0.717, 1.165) is 4.90 Å². The summed E-state index contributed by atoms with van der Waals surface area (Å²) in [7, 11) is -2.14. The molecule has 1 aliphatic rings. The minimum Gasteiger partial charge on any atom is -0.480 e. The third kappa shape index (κ3) is 4.07. The molecule has 2 rings (SSSR count). The largest absolute Gasteiger partial charge is 0.480 e. The molecule has 8 nitrogen and oxygen atoms in total. The Labute approximate surface area is 133 Å². The zero-order valence-corrected chi connectivity index (χ0v) is 13.3. The number of likely N-dealkylation sites (N-methyl/N-ethyl adjacent to an activating group) is 1. The van der Waals surface area contributed by atoms with E-state index < -0.39 is 16.0 Å². The summed E-state index contributed by atoms with van der Waals surface area (Å²) in [5, 5.41) is 8.61. The van der Waals surface area contributed by atoms with E-state index in [4.69, 9.17) is 5.11 Å². The molecule has 1 aromatic rings. The third-order valence-corrected chi connectivity index (χ3v) is 4.68. The molecule has 0 saturated carbocycles. The minimum absolute atomic E-state index is 0.148. The minimum atomic E-state index is -3.56. The van der Waals surface area contributed by atoms with Gasteiger partial charge in [-0.1, -0.05) is 12.1 Å². The molecule has 0 fully saturated rings. The Morgan fingerprint density at radius 3 is 2.70 bits per heavy atom. The number of carbonyl (C=O) groups excluding carboxylic acids is 1. The van der Waals surface area contributed by atoms with Crippen molar-refractivity contribution in [2.75, 3.05) is 20.1 Å². The summed E-state index contributed by atoms with van der Waals surface area (Å²) in [4.78, 5) is 27.7. The molecule has 0 unspecified atom stereocenters. The van der Waals surface area contributed by atoms with Gasteiger partial charge in [0.15, 0.2) is 0 Å². The van der Waals surface area contributed by atoms with Crippen LogP contribution in [0.1, 0.15) is 18.4 Å². The SMILES string of the molecule is CN(CC(=O)O)C(=O)CCCN=C1NS(=O)(=O)c2ccccc21. The van der Waals surface area contributed by atoms with E-state index in [0.29, 0.717) is 12.0 Å². The Bertz CT molecular complexity index is 757. The molecule has 1 heterocycles. The van der Waals surface area contributed by atoms with Crippen LogP contribution in [0.4, 0.5) is 0 Å². The van der Waals surface area contributed by atoms with Crippen molar-refractivity contribution in [1.29, 1.82) is 0 Å². The molecule has 0 bridgehead atoms. The number of rotatable bonds is 6. The number of carboxylic acid groups (broad SMARTS) is 1. The summed E-state index contributed by atoms with van der Waals surface area (Å²) in [6.07, 6.45) is 0.547. The number of amidine groups is 1. The van der Waals surface area contributed by atoms with Gasteiger partial charge in [-0.25, -0.2) is 8.42 Å². The number of fused-ring (bicyclic) bond motifs is 1. The number of carbonyl (C=O) groups is 2. The summed E-state index contributed by atoms with van der Waals surface area (Å²) < 4.78 is 26.2. The van der Waals surface area contributed by atoms with Crippen molar-refractivity contribution in [1.82, 2.24) is 9.62 Å². The van der Waals surface area contributed by atoms with E-state index in [9.17, 15) is 18.0 Å². The molecule has 1 aliphatic heterocycles. The highest BCUT2D eigenvalue weighted by Crippen LogP contribution is 2.22.